The van der Waals surface area contributed by atoms with E-state index >= 15 is 0 Å². The lowest BCUT2D eigenvalue weighted by atomic mass is 10.0. The molecule has 1 aromatic heterocycles. The molecule has 0 unspecified atom stereocenters. The van der Waals surface area contributed by atoms with Crippen LogP contribution in [0.25, 0.3) is 11.1 Å². The van der Waals surface area contributed by atoms with E-state index in [4.69, 9.17) is 0 Å². The first kappa shape index (κ1) is 12.3. The Morgan fingerprint density at radius 3 is 2.28 bits per heavy atom. The molecule has 1 heterocycles. The minimum atomic E-state index is 0.0364. The molecule has 1 aromatic carbocycles. The van der Waals surface area contributed by atoms with Gasteiger partial charge in [0.1, 0.15) is 0 Å². The van der Waals surface area contributed by atoms with E-state index in [9.17, 15) is 4.79 Å². The van der Waals surface area contributed by atoms with Crippen LogP contribution >= 0.6 is 0 Å². The Bertz CT molecular complexity index is 559. The lowest BCUT2D eigenvalue weighted by Gasteiger charge is -2.12. The molecule has 0 aliphatic carbocycles. The minimum Gasteiger partial charge on any atom is -0.378 e. The number of anilines is 1. The number of ketones is 1. The smallest absolute Gasteiger partial charge is 0.161 e. The van der Waals surface area contributed by atoms with Crippen LogP contribution in [0.5, 0.6) is 0 Å². The van der Waals surface area contributed by atoms with E-state index < -0.39 is 0 Å². The van der Waals surface area contributed by atoms with Gasteiger partial charge in [0, 0.05) is 43.3 Å². The molecule has 0 atom stereocenters. The predicted octanol–water partition coefficient (Wildman–Crippen LogP) is 3.02. The molecule has 0 saturated carbocycles. The Morgan fingerprint density at radius 1 is 1.06 bits per heavy atom. The average Bonchev–Trinajstić information content (AvgIpc) is 2.39. The van der Waals surface area contributed by atoms with Crippen LogP contribution in [0.15, 0.2) is 42.7 Å². The van der Waals surface area contributed by atoms with Gasteiger partial charge in [-0.1, -0.05) is 12.1 Å². The van der Waals surface area contributed by atoms with Crippen molar-refractivity contribution in [3.05, 3.63) is 48.3 Å². The fraction of sp³-hybridized carbons (Fsp3) is 0.200. The van der Waals surface area contributed by atoms with Gasteiger partial charge in [-0.3, -0.25) is 9.78 Å². The standard InChI is InChI=1S/C15H16N2O/c1-11(18)13-8-14(10-16-9-13)12-4-6-15(7-5-12)17(2)3/h4-10H,1-3H3. The summed E-state index contributed by atoms with van der Waals surface area (Å²) >= 11 is 0. The van der Waals surface area contributed by atoms with E-state index in [1.807, 2.05) is 37.2 Å². The predicted molar refractivity (Wildman–Crippen MR) is 74.0 cm³/mol. The third-order valence-electron chi connectivity index (χ3n) is 2.86. The van der Waals surface area contributed by atoms with Crippen LogP contribution in [0.2, 0.25) is 0 Å². The van der Waals surface area contributed by atoms with Crippen LogP contribution in [-0.2, 0) is 0 Å². The first-order valence-electron chi connectivity index (χ1n) is 5.81. The van der Waals surface area contributed by atoms with Crippen molar-refractivity contribution in [2.24, 2.45) is 0 Å². The maximum absolute atomic E-state index is 11.3. The van der Waals surface area contributed by atoms with Gasteiger partial charge in [0.2, 0.25) is 0 Å². The highest BCUT2D eigenvalue weighted by Gasteiger charge is 2.04. The summed E-state index contributed by atoms with van der Waals surface area (Å²) in [6.07, 6.45) is 3.37. The summed E-state index contributed by atoms with van der Waals surface area (Å²) in [7, 11) is 4.01. The Morgan fingerprint density at radius 2 is 1.72 bits per heavy atom. The van der Waals surface area contributed by atoms with E-state index in [0.717, 1.165) is 16.8 Å². The van der Waals surface area contributed by atoms with Crippen molar-refractivity contribution in [3.8, 4) is 11.1 Å². The molecule has 18 heavy (non-hydrogen) atoms. The quantitative estimate of drug-likeness (QED) is 0.773. The summed E-state index contributed by atoms with van der Waals surface area (Å²) in [5.74, 6) is 0.0364. The van der Waals surface area contributed by atoms with Crippen molar-refractivity contribution in [3.63, 3.8) is 0 Å². The van der Waals surface area contributed by atoms with Crippen LogP contribution in [0.3, 0.4) is 0 Å². The molecule has 2 aromatic rings. The summed E-state index contributed by atoms with van der Waals surface area (Å²) in [6.45, 7) is 1.55. The number of carbonyl (C=O) groups is 1. The zero-order valence-corrected chi connectivity index (χ0v) is 10.8. The highest BCUT2D eigenvalue weighted by molar-refractivity contribution is 5.94. The highest BCUT2D eigenvalue weighted by Crippen LogP contribution is 2.22. The minimum absolute atomic E-state index is 0.0364. The molecule has 0 bridgehead atoms. The summed E-state index contributed by atoms with van der Waals surface area (Å²) in [5, 5.41) is 0. The zero-order valence-electron chi connectivity index (χ0n) is 10.8. The molecule has 0 radical (unpaired) electrons. The van der Waals surface area contributed by atoms with Gasteiger partial charge in [-0.05, 0) is 30.7 Å². The second-order valence-corrected chi connectivity index (χ2v) is 4.46. The number of benzene rings is 1. The fourth-order valence-electron chi connectivity index (χ4n) is 1.74. The van der Waals surface area contributed by atoms with Crippen molar-refractivity contribution in [2.75, 3.05) is 19.0 Å². The Kier molecular flexibility index (Phi) is 3.42. The number of rotatable bonds is 3. The van der Waals surface area contributed by atoms with Crippen LogP contribution in [0, 0.1) is 0 Å². The van der Waals surface area contributed by atoms with Gasteiger partial charge < -0.3 is 4.90 Å². The molecule has 0 fully saturated rings. The average molecular weight is 240 g/mol. The summed E-state index contributed by atoms with van der Waals surface area (Å²) < 4.78 is 0. The molecule has 3 heteroatoms. The van der Waals surface area contributed by atoms with Crippen molar-refractivity contribution in [1.29, 1.82) is 0 Å². The molecule has 2 rings (SSSR count). The zero-order chi connectivity index (χ0) is 13.1. The number of Topliss-reactive ketones (excluding diaryl/α,β-unsaturated/α-hetero) is 1. The van der Waals surface area contributed by atoms with Crippen molar-refractivity contribution >= 4 is 11.5 Å². The van der Waals surface area contributed by atoms with Crippen molar-refractivity contribution in [2.45, 2.75) is 6.92 Å². The summed E-state index contributed by atoms with van der Waals surface area (Å²) in [6, 6.07) is 10.1. The van der Waals surface area contributed by atoms with E-state index in [1.165, 1.54) is 0 Å². The fourth-order valence-corrected chi connectivity index (χ4v) is 1.74. The molecular weight excluding hydrogens is 224 g/mol. The number of carbonyl (C=O) groups excluding carboxylic acids is 1. The van der Waals surface area contributed by atoms with Gasteiger partial charge in [-0.25, -0.2) is 0 Å². The summed E-state index contributed by atoms with van der Waals surface area (Å²) in [4.78, 5) is 17.5. The van der Waals surface area contributed by atoms with Crippen LogP contribution in [0.4, 0.5) is 5.69 Å². The number of hydrogen-bond donors (Lipinski definition) is 0. The number of pyridine rings is 1. The Hall–Kier alpha value is -2.16. The lowest BCUT2D eigenvalue weighted by molar-refractivity contribution is 0.101. The van der Waals surface area contributed by atoms with Gasteiger partial charge in [0.15, 0.2) is 5.78 Å². The van der Waals surface area contributed by atoms with Crippen molar-refractivity contribution < 1.29 is 4.79 Å². The molecule has 0 amide bonds. The second-order valence-electron chi connectivity index (χ2n) is 4.46. The van der Waals surface area contributed by atoms with Crippen LogP contribution < -0.4 is 4.90 Å². The monoisotopic (exact) mass is 240 g/mol. The molecule has 0 saturated heterocycles. The van der Waals surface area contributed by atoms with Gasteiger partial charge in [-0.2, -0.15) is 0 Å². The number of aromatic nitrogens is 1. The molecule has 0 N–H and O–H groups in total. The summed E-state index contributed by atoms with van der Waals surface area (Å²) in [5.41, 5.74) is 3.82. The van der Waals surface area contributed by atoms with Crippen LogP contribution in [0.1, 0.15) is 17.3 Å². The third-order valence-corrected chi connectivity index (χ3v) is 2.86. The van der Waals surface area contributed by atoms with Gasteiger partial charge >= 0.3 is 0 Å². The lowest BCUT2D eigenvalue weighted by Crippen LogP contribution is -2.07. The van der Waals surface area contributed by atoms with Gasteiger partial charge in [-0.15, -0.1) is 0 Å². The van der Waals surface area contributed by atoms with Gasteiger partial charge in [0.25, 0.3) is 0 Å². The molecule has 0 aliphatic heterocycles. The highest BCUT2D eigenvalue weighted by atomic mass is 16.1. The van der Waals surface area contributed by atoms with Crippen LogP contribution in [-0.4, -0.2) is 24.9 Å². The van der Waals surface area contributed by atoms with E-state index in [2.05, 4.69) is 17.1 Å². The Labute approximate surface area is 107 Å². The number of nitrogens with zero attached hydrogens (tertiary/aromatic N) is 2. The Balaban J connectivity index is 2.36. The van der Waals surface area contributed by atoms with Crippen molar-refractivity contribution in [1.82, 2.24) is 4.98 Å². The second kappa shape index (κ2) is 5.00. The van der Waals surface area contributed by atoms with E-state index in [1.54, 1.807) is 19.3 Å². The topological polar surface area (TPSA) is 33.2 Å². The molecular formula is C15H16N2O. The molecule has 0 aliphatic rings. The molecule has 92 valence electrons. The first-order valence-corrected chi connectivity index (χ1v) is 5.81. The maximum Gasteiger partial charge on any atom is 0.161 e. The molecule has 3 nitrogen and oxygen atoms in total. The molecule has 0 spiro atoms. The first-order chi connectivity index (χ1) is 8.58. The number of hydrogen-bond acceptors (Lipinski definition) is 3. The van der Waals surface area contributed by atoms with Gasteiger partial charge in [0.05, 0.1) is 0 Å². The van der Waals surface area contributed by atoms with E-state index in [0.29, 0.717) is 5.56 Å². The normalized spacial score (nSPS) is 10.2. The largest absolute Gasteiger partial charge is 0.378 e. The van der Waals surface area contributed by atoms with E-state index in [-0.39, 0.29) is 5.78 Å². The SMILES string of the molecule is CC(=O)c1cncc(-c2ccc(N(C)C)cc2)c1. The third kappa shape index (κ3) is 2.56. The maximum atomic E-state index is 11.3.